The van der Waals surface area contributed by atoms with Crippen LogP contribution < -0.4 is 32.7 Å². The van der Waals surface area contributed by atoms with Gasteiger partial charge in [0.15, 0.2) is 0 Å². The van der Waals surface area contributed by atoms with Gasteiger partial charge in [-0.15, -0.1) is 0 Å². The Bertz CT molecular complexity index is 105. The van der Waals surface area contributed by atoms with E-state index < -0.39 is 12.2 Å². The van der Waals surface area contributed by atoms with Gasteiger partial charge in [-0.05, 0) is 0 Å². The Balaban J connectivity index is -0.000000107. The molecule has 0 radical (unpaired) electrons. The quantitative estimate of drug-likeness (QED) is 0.125. The molecule has 6 N–H and O–H groups in total. The molecule has 0 heterocycles. The van der Waals surface area contributed by atoms with Crippen LogP contribution in [0, 0.1) is 0 Å². The van der Waals surface area contributed by atoms with Crippen LogP contribution in [0.25, 0.3) is 0 Å². The van der Waals surface area contributed by atoms with Crippen molar-refractivity contribution in [2.75, 3.05) is 0 Å². The number of hydrogen-bond donors (Lipinski definition) is 4. The van der Waals surface area contributed by atoms with Gasteiger partial charge in [0.1, 0.15) is 12.2 Å². The molecule has 2 amide bonds. The fourth-order valence-electron chi connectivity index (χ4n) is 0. The number of hydrazine groups is 2. The van der Waals surface area contributed by atoms with Crippen LogP contribution in [0.3, 0.4) is 0 Å². The van der Waals surface area contributed by atoms with Crippen molar-refractivity contribution >= 4 is 35.2 Å². The van der Waals surface area contributed by atoms with Crippen LogP contribution in [-0.4, -0.2) is 35.2 Å². The molecule has 0 saturated carbocycles. The Morgan fingerprint density at radius 3 is 1.09 bits per heavy atom. The maximum atomic E-state index is 9.02. The summed E-state index contributed by atoms with van der Waals surface area (Å²) >= 11 is 0. The molecular formula is C2H6MgN4O4. The molecule has 0 aliphatic rings. The van der Waals surface area contributed by atoms with Gasteiger partial charge in [-0.25, -0.2) is 11.7 Å². The molecule has 0 rings (SSSR count). The average Bonchev–Trinajstić information content (AvgIpc) is 1.89. The van der Waals surface area contributed by atoms with Gasteiger partial charge in [0.2, 0.25) is 0 Å². The smallest absolute Gasteiger partial charge is 0.529 e. The van der Waals surface area contributed by atoms with E-state index in [1.165, 1.54) is 10.9 Å². The molecule has 0 unspecified atom stereocenters. The summed E-state index contributed by atoms with van der Waals surface area (Å²) in [4.78, 5) is 18.0. The molecule has 0 bridgehead atoms. The minimum atomic E-state index is -1.47. The minimum Gasteiger partial charge on any atom is -0.529 e. The summed E-state index contributed by atoms with van der Waals surface area (Å²) in [6.45, 7) is 0. The van der Waals surface area contributed by atoms with Crippen molar-refractivity contribution in [2.45, 2.75) is 0 Å². The van der Waals surface area contributed by atoms with Crippen molar-refractivity contribution in [3.05, 3.63) is 0 Å². The van der Waals surface area contributed by atoms with Crippen molar-refractivity contribution in [3.63, 3.8) is 0 Å². The second-order valence-corrected chi connectivity index (χ2v) is 0.864. The Morgan fingerprint density at radius 1 is 1.00 bits per heavy atom. The first-order valence-electron chi connectivity index (χ1n) is 1.89. The normalized spacial score (nSPS) is 6.00. The van der Waals surface area contributed by atoms with Crippen molar-refractivity contribution in [1.29, 1.82) is 0 Å². The van der Waals surface area contributed by atoms with E-state index in [2.05, 4.69) is 11.7 Å². The van der Waals surface area contributed by atoms with Crippen LogP contribution in [0.15, 0.2) is 0 Å². The summed E-state index contributed by atoms with van der Waals surface area (Å²) in [7, 11) is 0. The van der Waals surface area contributed by atoms with Crippen LogP contribution in [0.2, 0.25) is 0 Å². The third-order valence-electron chi connectivity index (χ3n) is 0.236. The van der Waals surface area contributed by atoms with E-state index in [0.29, 0.717) is 0 Å². The van der Waals surface area contributed by atoms with E-state index >= 15 is 0 Å². The Kier molecular flexibility index (Phi) is 18.1. The first-order chi connectivity index (χ1) is 4.54. The minimum absolute atomic E-state index is 0. The summed E-state index contributed by atoms with van der Waals surface area (Å²) < 4.78 is 0. The van der Waals surface area contributed by atoms with Crippen LogP contribution in [0.4, 0.5) is 9.59 Å². The van der Waals surface area contributed by atoms with Crippen molar-refractivity contribution in [1.82, 2.24) is 10.9 Å². The fraction of sp³-hybridized carbons (Fsp3) is 0. The summed E-state index contributed by atoms with van der Waals surface area (Å²) in [5.41, 5.74) is 2.67. The SMILES string of the molecule is NNC(=O)[O-].NNC(=O)[O-].[Mg+2]. The van der Waals surface area contributed by atoms with Gasteiger partial charge in [0, 0.05) is 0 Å². The van der Waals surface area contributed by atoms with Crippen molar-refractivity contribution < 1.29 is 19.8 Å². The Hall–Kier alpha value is -0.774. The number of carbonyl (C=O) groups is 2. The van der Waals surface area contributed by atoms with E-state index in [0.717, 1.165) is 0 Å². The molecular weight excluding hydrogens is 168 g/mol. The van der Waals surface area contributed by atoms with E-state index in [9.17, 15) is 0 Å². The van der Waals surface area contributed by atoms with Crippen LogP contribution in [0.1, 0.15) is 0 Å². The molecule has 0 aliphatic heterocycles. The molecule has 0 aromatic rings. The molecule has 0 aromatic heterocycles. The van der Waals surface area contributed by atoms with Crippen molar-refractivity contribution in [2.24, 2.45) is 11.7 Å². The fourth-order valence-corrected chi connectivity index (χ4v) is 0. The number of carboxylic acid groups (broad SMARTS) is 2. The third-order valence-corrected chi connectivity index (χ3v) is 0.236. The van der Waals surface area contributed by atoms with Gasteiger partial charge < -0.3 is 30.7 Å². The first kappa shape index (κ1) is 16.7. The summed E-state index contributed by atoms with van der Waals surface area (Å²) in [6.07, 6.45) is -2.94. The summed E-state index contributed by atoms with van der Waals surface area (Å²) in [6, 6.07) is 0. The molecule has 8 nitrogen and oxygen atoms in total. The van der Waals surface area contributed by atoms with Gasteiger partial charge in [0.25, 0.3) is 0 Å². The molecule has 11 heavy (non-hydrogen) atoms. The van der Waals surface area contributed by atoms with Crippen LogP contribution >= 0.6 is 0 Å². The molecule has 0 fully saturated rings. The molecule has 0 aromatic carbocycles. The van der Waals surface area contributed by atoms with Crippen LogP contribution in [-0.2, 0) is 0 Å². The molecule has 0 saturated heterocycles. The van der Waals surface area contributed by atoms with Gasteiger partial charge in [-0.2, -0.15) is 0 Å². The second kappa shape index (κ2) is 12.0. The maximum absolute atomic E-state index is 9.02. The number of carbonyl (C=O) groups excluding carboxylic acids is 2. The first-order valence-corrected chi connectivity index (χ1v) is 1.89. The molecule has 0 atom stereocenters. The maximum Gasteiger partial charge on any atom is 2.00 e. The zero-order valence-corrected chi connectivity index (χ0v) is 6.91. The number of nitrogens with two attached hydrogens (primary N) is 2. The average molecular weight is 174 g/mol. The van der Waals surface area contributed by atoms with Crippen molar-refractivity contribution in [3.8, 4) is 0 Å². The molecule has 0 aliphatic carbocycles. The Morgan fingerprint density at radius 2 is 1.09 bits per heavy atom. The molecule has 9 heteroatoms. The molecule has 0 spiro atoms. The van der Waals surface area contributed by atoms with E-state index in [1.54, 1.807) is 0 Å². The zero-order valence-electron chi connectivity index (χ0n) is 5.49. The predicted octanol–water partition coefficient (Wildman–Crippen LogP) is -4.79. The number of rotatable bonds is 0. The predicted molar refractivity (Wildman–Crippen MR) is 31.2 cm³/mol. The largest absolute Gasteiger partial charge is 2.00 e. The third kappa shape index (κ3) is 46.3. The topological polar surface area (TPSA) is 156 Å². The van der Waals surface area contributed by atoms with Gasteiger partial charge >= 0.3 is 23.1 Å². The Labute approximate surface area is 78.0 Å². The molecule has 60 valence electrons. The number of amides is 2. The number of nitrogens with one attached hydrogen (secondary N) is 2. The number of hydrogen-bond acceptors (Lipinski definition) is 6. The zero-order chi connectivity index (χ0) is 8.57. The van der Waals surface area contributed by atoms with Gasteiger partial charge in [-0.1, -0.05) is 0 Å². The van der Waals surface area contributed by atoms with Gasteiger partial charge in [0.05, 0.1) is 0 Å². The summed E-state index contributed by atoms with van der Waals surface area (Å²) in [5, 5.41) is 18.0. The second-order valence-electron chi connectivity index (χ2n) is 0.864. The van der Waals surface area contributed by atoms with E-state index in [-0.39, 0.29) is 23.1 Å². The van der Waals surface area contributed by atoms with E-state index in [4.69, 9.17) is 19.8 Å². The summed E-state index contributed by atoms with van der Waals surface area (Å²) in [5.74, 6) is 8.52. The van der Waals surface area contributed by atoms with E-state index in [1.807, 2.05) is 0 Å². The van der Waals surface area contributed by atoms with Crippen LogP contribution in [0.5, 0.6) is 0 Å². The van der Waals surface area contributed by atoms with Gasteiger partial charge in [-0.3, -0.25) is 0 Å². The monoisotopic (exact) mass is 174 g/mol. The standard InChI is InChI=1S/2CH4N2O2.Mg/c2*2-3-1(4)5;/h2*3H,2H2,(H,4,5);/q;;+2/p-2.